The summed E-state index contributed by atoms with van der Waals surface area (Å²) in [6, 6.07) is -0.652. The van der Waals surface area contributed by atoms with Gasteiger partial charge < -0.3 is 15.8 Å². The average Bonchev–Trinajstić information content (AvgIpc) is 2.08. The predicted octanol–water partition coefficient (Wildman–Crippen LogP) is 0.518. The van der Waals surface area contributed by atoms with E-state index in [9.17, 15) is 9.90 Å². The van der Waals surface area contributed by atoms with Crippen molar-refractivity contribution in [3.63, 3.8) is 0 Å². The standard InChI is InChI=1S/C8H11BrN2O2/c1-4(12)7(10)5-2-11-3-6(9)8(5)13/h2-4,7,12H,10H2,1H3,(H,11,13). The van der Waals surface area contributed by atoms with Crippen LogP contribution < -0.4 is 11.2 Å². The van der Waals surface area contributed by atoms with Gasteiger partial charge in [-0.1, -0.05) is 0 Å². The first-order valence-electron chi connectivity index (χ1n) is 3.84. The van der Waals surface area contributed by atoms with Gasteiger partial charge in [-0.25, -0.2) is 0 Å². The Morgan fingerprint density at radius 3 is 2.77 bits per heavy atom. The molecule has 0 bridgehead atoms. The second kappa shape index (κ2) is 4.04. The van der Waals surface area contributed by atoms with Gasteiger partial charge in [-0.15, -0.1) is 0 Å². The van der Waals surface area contributed by atoms with Crippen LogP contribution in [0, 0.1) is 0 Å². The van der Waals surface area contributed by atoms with Gasteiger partial charge >= 0.3 is 0 Å². The third-order valence-electron chi connectivity index (χ3n) is 1.81. The molecule has 72 valence electrons. The highest BCUT2D eigenvalue weighted by Gasteiger charge is 2.16. The van der Waals surface area contributed by atoms with Gasteiger partial charge in [0.05, 0.1) is 16.6 Å². The quantitative estimate of drug-likeness (QED) is 0.712. The molecule has 0 amide bonds. The molecule has 4 nitrogen and oxygen atoms in total. The summed E-state index contributed by atoms with van der Waals surface area (Å²) in [7, 11) is 0. The number of hydrogen-bond donors (Lipinski definition) is 3. The number of rotatable bonds is 2. The maximum absolute atomic E-state index is 11.5. The minimum absolute atomic E-state index is 0.188. The van der Waals surface area contributed by atoms with Crippen molar-refractivity contribution in [3.05, 3.63) is 32.7 Å². The summed E-state index contributed by atoms with van der Waals surface area (Å²) in [6.07, 6.45) is 2.29. The Morgan fingerprint density at radius 2 is 2.23 bits per heavy atom. The number of aliphatic hydroxyl groups is 1. The largest absolute Gasteiger partial charge is 0.391 e. The number of aromatic amines is 1. The number of aliphatic hydroxyl groups excluding tert-OH is 1. The van der Waals surface area contributed by atoms with Gasteiger partial charge in [0.1, 0.15) is 0 Å². The minimum atomic E-state index is -0.740. The lowest BCUT2D eigenvalue weighted by Crippen LogP contribution is -2.29. The van der Waals surface area contributed by atoms with Crippen LogP contribution in [0.4, 0.5) is 0 Å². The fourth-order valence-electron chi connectivity index (χ4n) is 0.981. The van der Waals surface area contributed by atoms with Crippen LogP contribution in [0.1, 0.15) is 18.5 Å². The molecule has 1 aromatic rings. The molecule has 5 heteroatoms. The lowest BCUT2D eigenvalue weighted by atomic mass is 10.1. The van der Waals surface area contributed by atoms with Crippen molar-refractivity contribution in [1.29, 1.82) is 0 Å². The maximum atomic E-state index is 11.5. The van der Waals surface area contributed by atoms with Crippen molar-refractivity contribution >= 4 is 15.9 Å². The van der Waals surface area contributed by atoms with Crippen molar-refractivity contribution in [2.75, 3.05) is 0 Å². The van der Waals surface area contributed by atoms with Crippen LogP contribution in [0.2, 0.25) is 0 Å². The van der Waals surface area contributed by atoms with Crippen molar-refractivity contribution in [2.24, 2.45) is 5.73 Å². The van der Waals surface area contributed by atoms with Crippen molar-refractivity contribution in [1.82, 2.24) is 4.98 Å². The highest BCUT2D eigenvalue weighted by atomic mass is 79.9. The van der Waals surface area contributed by atoms with Gasteiger partial charge in [-0.05, 0) is 22.9 Å². The molecule has 0 aromatic carbocycles. The summed E-state index contributed by atoms with van der Waals surface area (Å²) in [4.78, 5) is 14.2. The van der Waals surface area contributed by atoms with E-state index in [0.717, 1.165) is 0 Å². The van der Waals surface area contributed by atoms with Crippen molar-refractivity contribution in [3.8, 4) is 0 Å². The maximum Gasteiger partial charge on any atom is 0.200 e. The molecule has 1 rings (SSSR count). The third kappa shape index (κ3) is 2.18. The Morgan fingerprint density at radius 1 is 1.62 bits per heavy atom. The van der Waals surface area contributed by atoms with Gasteiger partial charge in [0.25, 0.3) is 0 Å². The molecule has 13 heavy (non-hydrogen) atoms. The zero-order chi connectivity index (χ0) is 10.0. The third-order valence-corrected chi connectivity index (χ3v) is 2.40. The van der Waals surface area contributed by atoms with E-state index in [2.05, 4.69) is 20.9 Å². The number of hydrogen-bond acceptors (Lipinski definition) is 3. The van der Waals surface area contributed by atoms with Crippen LogP contribution >= 0.6 is 15.9 Å². The van der Waals surface area contributed by atoms with E-state index >= 15 is 0 Å². The van der Waals surface area contributed by atoms with E-state index < -0.39 is 12.1 Å². The van der Waals surface area contributed by atoms with Crippen LogP contribution in [0.15, 0.2) is 21.7 Å². The monoisotopic (exact) mass is 246 g/mol. The fraction of sp³-hybridized carbons (Fsp3) is 0.375. The first kappa shape index (κ1) is 10.4. The van der Waals surface area contributed by atoms with Crippen LogP contribution in [0.25, 0.3) is 0 Å². The summed E-state index contributed by atoms with van der Waals surface area (Å²) >= 11 is 3.08. The molecular formula is C8H11BrN2O2. The molecule has 2 unspecified atom stereocenters. The highest BCUT2D eigenvalue weighted by molar-refractivity contribution is 9.10. The van der Waals surface area contributed by atoms with E-state index in [1.807, 2.05) is 0 Å². The lowest BCUT2D eigenvalue weighted by Gasteiger charge is -2.13. The molecule has 4 N–H and O–H groups in total. The van der Waals surface area contributed by atoms with Crippen molar-refractivity contribution < 1.29 is 5.11 Å². The van der Waals surface area contributed by atoms with Gasteiger partial charge in [0.2, 0.25) is 5.43 Å². The molecule has 0 aliphatic carbocycles. The summed E-state index contributed by atoms with van der Waals surface area (Å²) in [6.45, 7) is 1.55. The number of nitrogens with one attached hydrogen (secondary N) is 1. The summed E-state index contributed by atoms with van der Waals surface area (Å²) in [5.74, 6) is 0. The topological polar surface area (TPSA) is 79.1 Å². The first-order chi connectivity index (χ1) is 6.04. The molecule has 0 radical (unpaired) electrons. The van der Waals surface area contributed by atoms with Crippen LogP contribution in [-0.2, 0) is 0 Å². The minimum Gasteiger partial charge on any atom is -0.391 e. The smallest absolute Gasteiger partial charge is 0.200 e. The Labute approximate surface area is 83.9 Å². The second-order valence-corrected chi connectivity index (χ2v) is 3.71. The Balaban J connectivity index is 3.16. The molecule has 0 aliphatic heterocycles. The Bertz CT molecular complexity index is 348. The van der Waals surface area contributed by atoms with E-state index in [0.29, 0.717) is 10.0 Å². The van der Waals surface area contributed by atoms with Crippen molar-refractivity contribution in [2.45, 2.75) is 19.1 Å². The number of nitrogens with two attached hydrogens (primary N) is 1. The molecule has 2 atom stereocenters. The Kier molecular flexibility index (Phi) is 3.24. The van der Waals surface area contributed by atoms with E-state index in [1.54, 1.807) is 6.92 Å². The zero-order valence-corrected chi connectivity index (χ0v) is 8.71. The van der Waals surface area contributed by atoms with E-state index in [-0.39, 0.29) is 5.43 Å². The molecule has 0 saturated carbocycles. The average molecular weight is 247 g/mol. The highest BCUT2D eigenvalue weighted by Crippen LogP contribution is 2.11. The molecule has 0 fully saturated rings. The molecule has 1 heterocycles. The summed E-state index contributed by atoms with van der Waals surface area (Å²) < 4.78 is 0.418. The first-order valence-corrected chi connectivity index (χ1v) is 4.63. The molecular weight excluding hydrogens is 236 g/mol. The summed E-state index contributed by atoms with van der Waals surface area (Å²) in [5.41, 5.74) is 5.81. The number of H-pyrrole nitrogens is 1. The van der Waals surface area contributed by atoms with Crippen LogP contribution in [0.3, 0.4) is 0 Å². The van der Waals surface area contributed by atoms with Crippen LogP contribution in [0.5, 0.6) is 0 Å². The normalized spacial score (nSPS) is 15.4. The SMILES string of the molecule is CC(O)C(N)c1c[nH]cc(Br)c1=O. The predicted molar refractivity (Wildman–Crippen MR) is 53.4 cm³/mol. The van der Waals surface area contributed by atoms with E-state index in [4.69, 9.17) is 5.73 Å². The second-order valence-electron chi connectivity index (χ2n) is 2.85. The Hall–Kier alpha value is -0.650. The lowest BCUT2D eigenvalue weighted by molar-refractivity contribution is 0.163. The molecule has 0 aliphatic rings. The van der Waals surface area contributed by atoms with Gasteiger partial charge in [0, 0.05) is 18.0 Å². The van der Waals surface area contributed by atoms with Gasteiger partial charge in [-0.3, -0.25) is 4.79 Å². The molecule has 0 saturated heterocycles. The molecule has 0 spiro atoms. The number of aromatic nitrogens is 1. The summed E-state index contributed by atoms with van der Waals surface area (Å²) in [5, 5.41) is 9.20. The number of pyridine rings is 1. The fourth-order valence-corrected chi connectivity index (χ4v) is 1.34. The van der Waals surface area contributed by atoms with Crippen LogP contribution in [-0.4, -0.2) is 16.2 Å². The van der Waals surface area contributed by atoms with Gasteiger partial charge in [0.15, 0.2) is 0 Å². The molecule has 1 aromatic heterocycles. The zero-order valence-electron chi connectivity index (χ0n) is 7.12. The van der Waals surface area contributed by atoms with E-state index in [1.165, 1.54) is 12.4 Å². The number of halogens is 1. The van der Waals surface area contributed by atoms with Gasteiger partial charge in [-0.2, -0.15) is 0 Å².